The second kappa shape index (κ2) is 8.91. The summed E-state index contributed by atoms with van der Waals surface area (Å²) in [6, 6.07) is 4.65. The van der Waals surface area contributed by atoms with E-state index in [0.717, 1.165) is 49.9 Å². The van der Waals surface area contributed by atoms with Crippen LogP contribution in [-0.2, 0) is 0 Å². The van der Waals surface area contributed by atoms with Crippen LogP contribution in [0.15, 0.2) is 30.6 Å². The number of nitrogens with zero attached hydrogens (tertiary/aromatic N) is 5. The van der Waals surface area contributed by atoms with Gasteiger partial charge in [0, 0.05) is 44.4 Å². The van der Waals surface area contributed by atoms with Gasteiger partial charge in [0.05, 0.1) is 21.5 Å². The first-order chi connectivity index (χ1) is 13.9. The highest BCUT2D eigenvalue weighted by atomic mass is 16.6. The Kier molecular flexibility index (Phi) is 6.12. The third kappa shape index (κ3) is 5.12. The summed E-state index contributed by atoms with van der Waals surface area (Å²) in [4.78, 5) is 43.1. The van der Waals surface area contributed by atoms with E-state index < -0.39 is 27.1 Å². The zero-order chi connectivity index (χ0) is 20.8. The number of carbonyl (C=O) groups is 1. The Morgan fingerprint density at radius 1 is 1.00 bits per heavy atom. The number of hydrogen-bond acceptors (Lipinski definition) is 9. The summed E-state index contributed by atoms with van der Waals surface area (Å²) in [5, 5.41) is 27.5. The fraction of sp³-hybridized carbons (Fsp3) is 0.353. The van der Waals surface area contributed by atoms with Gasteiger partial charge in [-0.1, -0.05) is 0 Å². The fourth-order valence-electron chi connectivity index (χ4n) is 2.97. The van der Waals surface area contributed by atoms with Gasteiger partial charge in [0.2, 0.25) is 0 Å². The lowest BCUT2D eigenvalue weighted by molar-refractivity contribution is -0.394. The van der Waals surface area contributed by atoms with Crippen molar-refractivity contribution < 1.29 is 14.6 Å². The zero-order valence-electron chi connectivity index (χ0n) is 15.4. The molecule has 0 unspecified atom stereocenters. The summed E-state index contributed by atoms with van der Waals surface area (Å²) in [6.45, 7) is 2.46. The molecule has 1 fully saturated rings. The molecule has 1 aliphatic rings. The van der Waals surface area contributed by atoms with Gasteiger partial charge in [-0.25, -0.2) is 9.97 Å². The summed E-state index contributed by atoms with van der Waals surface area (Å²) in [7, 11) is 0. The first-order valence-corrected chi connectivity index (χ1v) is 8.97. The second-order valence-electron chi connectivity index (χ2n) is 6.39. The fourth-order valence-corrected chi connectivity index (χ4v) is 2.97. The van der Waals surface area contributed by atoms with Gasteiger partial charge in [0.15, 0.2) is 0 Å². The normalized spacial score (nSPS) is 13.2. The van der Waals surface area contributed by atoms with Crippen LogP contribution in [0.3, 0.4) is 0 Å². The molecule has 1 amide bonds. The molecule has 1 aliphatic heterocycles. The Balaban J connectivity index is 1.56. The van der Waals surface area contributed by atoms with Crippen molar-refractivity contribution in [2.45, 2.75) is 12.8 Å². The van der Waals surface area contributed by atoms with Gasteiger partial charge in [0.25, 0.3) is 17.3 Å². The Hall–Kier alpha value is -3.83. The standard InChI is InChI=1S/C17H19N7O5/c25-17(12-7-13(23(26)27)9-14(8-12)24(28)29)19-4-3-18-15-10-16(21-11-20-15)22-5-1-2-6-22/h7-11H,1-6H2,(H,19,25)(H,18,20,21). The monoisotopic (exact) mass is 401 g/mol. The summed E-state index contributed by atoms with van der Waals surface area (Å²) >= 11 is 0. The van der Waals surface area contributed by atoms with Gasteiger partial charge >= 0.3 is 0 Å². The van der Waals surface area contributed by atoms with Crippen molar-refractivity contribution in [1.29, 1.82) is 0 Å². The molecule has 12 heteroatoms. The highest BCUT2D eigenvalue weighted by Crippen LogP contribution is 2.22. The molecular weight excluding hydrogens is 382 g/mol. The van der Waals surface area contributed by atoms with Crippen LogP contribution in [0.25, 0.3) is 0 Å². The van der Waals surface area contributed by atoms with Crippen LogP contribution in [0, 0.1) is 20.2 Å². The van der Waals surface area contributed by atoms with E-state index in [2.05, 4.69) is 25.5 Å². The molecule has 2 N–H and O–H groups in total. The van der Waals surface area contributed by atoms with Crippen LogP contribution in [0.4, 0.5) is 23.0 Å². The summed E-state index contributed by atoms with van der Waals surface area (Å²) in [5.41, 5.74) is -1.18. The molecular formula is C17H19N7O5. The quantitative estimate of drug-likeness (QED) is 0.382. The minimum atomic E-state index is -0.779. The van der Waals surface area contributed by atoms with E-state index in [-0.39, 0.29) is 12.1 Å². The molecule has 3 rings (SSSR count). The van der Waals surface area contributed by atoms with E-state index >= 15 is 0 Å². The minimum absolute atomic E-state index is 0.149. The van der Waals surface area contributed by atoms with Gasteiger partial charge in [0.1, 0.15) is 18.0 Å². The number of carbonyl (C=O) groups excluding carboxylic acids is 1. The number of non-ortho nitro benzene ring substituents is 2. The van der Waals surface area contributed by atoms with E-state index in [9.17, 15) is 25.0 Å². The first kappa shape index (κ1) is 19.9. The Morgan fingerprint density at radius 2 is 1.66 bits per heavy atom. The molecule has 1 aromatic heterocycles. The number of nitrogens with one attached hydrogen (secondary N) is 2. The molecule has 1 aromatic carbocycles. The average Bonchev–Trinajstić information content (AvgIpc) is 3.26. The molecule has 0 spiro atoms. The molecule has 0 saturated carbocycles. The van der Waals surface area contributed by atoms with E-state index in [1.165, 1.54) is 6.33 Å². The van der Waals surface area contributed by atoms with E-state index in [0.29, 0.717) is 12.4 Å². The van der Waals surface area contributed by atoms with Crippen LogP contribution in [0.5, 0.6) is 0 Å². The molecule has 152 valence electrons. The van der Waals surface area contributed by atoms with E-state index in [4.69, 9.17) is 0 Å². The molecule has 0 aliphatic carbocycles. The predicted molar refractivity (Wildman–Crippen MR) is 104 cm³/mol. The summed E-state index contributed by atoms with van der Waals surface area (Å²) in [6.07, 6.45) is 3.74. The largest absolute Gasteiger partial charge is 0.368 e. The number of amides is 1. The Labute approximate surface area is 165 Å². The predicted octanol–water partition coefficient (Wildman–Crippen LogP) is 1.74. The van der Waals surface area contributed by atoms with Crippen LogP contribution in [-0.4, -0.2) is 51.9 Å². The molecule has 0 bridgehead atoms. The van der Waals surface area contributed by atoms with E-state index in [1.54, 1.807) is 0 Å². The van der Waals surface area contributed by atoms with Crippen molar-refractivity contribution in [3.8, 4) is 0 Å². The highest BCUT2D eigenvalue weighted by molar-refractivity contribution is 5.95. The zero-order valence-corrected chi connectivity index (χ0v) is 15.4. The summed E-state index contributed by atoms with van der Waals surface area (Å²) < 4.78 is 0. The lowest BCUT2D eigenvalue weighted by Gasteiger charge is -2.16. The van der Waals surface area contributed by atoms with Gasteiger partial charge in [-0.2, -0.15) is 0 Å². The van der Waals surface area contributed by atoms with Crippen molar-refractivity contribution >= 4 is 28.9 Å². The van der Waals surface area contributed by atoms with Crippen LogP contribution in [0.1, 0.15) is 23.2 Å². The third-order valence-corrected chi connectivity index (χ3v) is 4.39. The Bertz CT molecular complexity index is 898. The Morgan fingerprint density at radius 3 is 2.28 bits per heavy atom. The van der Waals surface area contributed by atoms with Crippen molar-refractivity contribution in [3.63, 3.8) is 0 Å². The molecule has 2 heterocycles. The van der Waals surface area contributed by atoms with Gasteiger partial charge < -0.3 is 15.5 Å². The summed E-state index contributed by atoms with van der Waals surface area (Å²) in [5.74, 6) is 0.814. The second-order valence-corrected chi connectivity index (χ2v) is 6.39. The average molecular weight is 401 g/mol. The first-order valence-electron chi connectivity index (χ1n) is 8.97. The number of rotatable bonds is 8. The van der Waals surface area contributed by atoms with Gasteiger partial charge in [-0.3, -0.25) is 25.0 Å². The molecule has 1 saturated heterocycles. The molecule has 2 aromatic rings. The maximum atomic E-state index is 12.2. The minimum Gasteiger partial charge on any atom is -0.368 e. The van der Waals surface area contributed by atoms with Crippen molar-refractivity contribution in [3.05, 3.63) is 56.4 Å². The number of aromatic nitrogens is 2. The molecule has 29 heavy (non-hydrogen) atoms. The maximum absolute atomic E-state index is 12.2. The topological polar surface area (TPSA) is 156 Å². The van der Waals surface area contributed by atoms with Crippen LogP contribution in [0.2, 0.25) is 0 Å². The SMILES string of the molecule is O=C(NCCNc1cc(N2CCCC2)ncn1)c1cc([N+](=O)[O-])cc([N+](=O)[O-])c1. The number of hydrogen-bond donors (Lipinski definition) is 2. The number of anilines is 2. The number of nitro groups is 2. The number of benzene rings is 1. The van der Waals surface area contributed by atoms with Gasteiger partial charge in [-0.15, -0.1) is 0 Å². The molecule has 0 atom stereocenters. The highest BCUT2D eigenvalue weighted by Gasteiger charge is 2.19. The van der Waals surface area contributed by atoms with Crippen LogP contribution < -0.4 is 15.5 Å². The lowest BCUT2D eigenvalue weighted by Crippen LogP contribution is -2.29. The lowest BCUT2D eigenvalue weighted by atomic mass is 10.1. The number of nitro benzene ring substituents is 2. The van der Waals surface area contributed by atoms with Crippen molar-refractivity contribution in [1.82, 2.24) is 15.3 Å². The van der Waals surface area contributed by atoms with Crippen molar-refractivity contribution in [2.24, 2.45) is 0 Å². The smallest absolute Gasteiger partial charge is 0.277 e. The molecule has 12 nitrogen and oxygen atoms in total. The van der Waals surface area contributed by atoms with Crippen molar-refractivity contribution in [2.75, 3.05) is 36.4 Å². The van der Waals surface area contributed by atoms with Crippen LogP contribution >= 0.6 is 0 Å². The molecule has 0 radical (unpaired) electrons. The maximum Gasteiger partial charge on any atom is 0.277 e. The third-order valence-electron chi connectivity index (χ3n) is 4.39. The van der Waals surface area contributed by atoms with E-state index in [1.807, 2.05) is 6.07 Å². The van der Waals surface area contributed by atoms with Gasteiger partial charge in [-0.05, 0) is 12.8 Å².